The Hall–Kier alpha value is -4.06. The largest absolute Gasteiger partial charge is 0.744 e. The van der Waals surface area contributed by atoms with Crippen LogP contribution in [0.25, 0.3) is 12.2 Å². The van der Waals surface area contributed by atoms with Crippen LogP contribution in [0.3, 0.4) is 0 Å². The molecule has 12 nitrogen and oxygen atoms in total. The molecule has 4 rings (SSSR count). The molecule has 0 unspecified atom stereocenters. The Bertz CT molecular complexity index is 1950. The van der Waals surface area contributed by atoms with Gasteiger partial charge >= 0.3 is 0 Å². The van der Waals surface area contributed by atoms with Crippen molar-refractivity contribution < 1.29 is 42.8 Å². The molecular weight excluding hydrogens is 629 g/mol. The molecule has 0 aliphatic rings. The molecule has 0 bridgehead atoms. The van der Waals surface area contributed by atoms with Gasteiger partial charge in [0.25, 0.3) is 20.0 Å². The van der Waals surface area contributed by atoms with Crippen molar-refractivity contribution in [1.29, 1.82) is 0 Å². The third kappa shape index (κ3) is 7.41. The van der Waals surface area contributed by atoms with Crippen LogP contribution in [0.1, 0.15) is 11.1 Å². The second-order valence-electron chi connectivity index (χ2n) is 8.58. The zero-order valence-electron chi connectivity index (χ0n) is 21.1. The minimum absolute atomic E-state index is 0.110. The normalized spacial score (nSPS) is 12.7. The van der Waals surface area contributed by atoms with E-state index in [0.29, 0.717) is 0 Å². The van der Waals surface area contributed by atoms with Crippen molar-refractivity contribution in [1.82, 2.24) is 0 Å². The van der Waals surface area contributed by atoms with Crippen LogP contribution in [0.5, 0.6) is 0 Å². The van der Waals surface area contributed by atoms with Crippen molar-refractivity contribution >= 4 is 63.8 Å². The number of benzene rings is 4. The Morgan fingerprint density at radius 2 is 0.810 bits per heavy atom. The van der Waals surface area contributed by atoms with Gasteiger partial charge in [0.1, 0.15) is 20.2 Å². The summed E-state index contributed by atoms with van der Waals surface area (Å²) in [6, 6.07) is 20.6. The Morgan fingerprint density at radius 1 is 0.476 bits per heavy atom. The molecule has 0 spiro atoms. The summed E-state index contributed by atoms with van der Waals surface area (Å²) in [5, 5.41) is 0. The summed E-state index contributed by atoms with van der Waals surface area (Å²) in [4.78, 5) is -1.88. The lowest BCUT2D eigenvalue weighted by Gasteiger charge is -2.15. The van der Waals surface area contributed by atoms with E-state index in [0.717, 1.165) is 36.4 Å². The van der Waals surface area contributed by atoms with Crippen molar-refractivity contribution in [3.8, 4) is 0 Å². The molecule has 0 fully saturated rings. The maximum Gasteiger partial charge on any atom is 0.261 e. The zero-order chi connectivity index (χ0) is 30.8. The van der Waals surface area contributed by atoms with E-state index >= 15 is 0 Å². The van der Waals surface area contributed by atoms with Gasteiger partial charge in [0.2, 0.25) is 0 Å². The lowest BCUT2D eigenvalue weighted by molar-refractivity contribution is 0.460. The quantitative estimate of drug-likeness (QED) is 0.189. The smallest absolute Gasteiger partial charge is 0.261 e. The van der Waals surface area contributed by atoms with Gasteiger partial charge in [-0.2, -0.15) is 0 Å². The number of sulfonamides is 2. The van der Waals surface area contributed by atoms with Crippen LogP contribution in [0.15, 0.2) is 117 Å². The van der Waals surface area contributed by atoms with E-state index in [1.807, 2.05) is 0 Å². The van der Waals surface area contributed by atoms with Crippen LogP contribution in [0, 0.1) is 0 Å². The molecule has 0 aliphatic carbocycles. The monoisotopic (exact) mass is 648 g/mol. The molecule has 0 aromatic heterocycles. The number of hydrogen-bond acceptors (Lipinski definition) is 10. The average Bonchev–Trinajstić information content (AvgIpc) is 2.92. The Balaban J connectivity index is 1.69. The van der Waals surface area contributed by atoms with Gasteiger partial charge in [-0.3, -0.25) is 9.44 Å². The van der Waals surface area contributed by atoms with Crippen LogP contribution in [-0.2, 0) is 40.3 Å². The first-order valence-electron chi connectivity index (χ1n) is 11.6. The van der Waals surface area contributed by atoms with Crippen LogP contribution in [-0.4, -0.2) is 42.8 Å². The molecule has 0 saturated heterocycles. The standard InChI is InChI=1S/C26H22N2O10S4/c29-39(30,23-7-3-1-4-8-23)27-21-15-13-19(25(17-21)41(33,34)35)11-12-20-14-16-22(18-26(20)42(36,37)38)28-40(31,32)24-9-5-2-6-10-24/h1-18,27-28H,(H,33,34,35)(H,36,37,38)/p-2/b12-11+. The van der Waals surface area contributed by atoms with Crippen molar-refractivity contribution in [2.75, 3.05) is 9.44 Å². The van der Waals surface area contributed by atoms with Gasteiger partial charge in [0, 0.05) is 0 Å². The predicted octanol–water partition coefficient (Wildman–Crippen LogP) is 3.27. The molecule has 42 heavy (non-hydrogen) atoms. The topological polar surface area (TPSA) is 207 Å². The zero-order valence-corrected chi connectivity index (χ0v) is 24.4. The summed E-state index contributed by atoms with van der Waals surface area (Å²) >= 11 is 0. The summed E-state index contributed by atoms with van der Waals surface area (Å²) in [7, 11) is -18.6. The van der Waals surface area contributed by atoms with Gasteiger partial charge in [-0.1, -0.05) is 60.7 Å². The predicted molar refractivity (Wildman–Crippen MR) is 152 cm³/mol. The highest BCUT2D eigenvalue weighted by atomic mass is 32.2. The van der Waals surface area contributed by atoms with E-state index in [4.69, 9.17) is 0 Å². The van der Waals surface area contributed by atoms with Crippen LogP contribution in [0.2, 0.25) is 0 Å². The fraction of sp³-hybridized carbons (Fsp3) is 0. The highest BCUT2D eigenvalue weighted by Crippen LogP contribution is 2.28. The van der Waals surface area contributed by atoms with Gasteiger partial charge in [-0.25, -0.2) is 33.7 Å². The van der Waals surface area contributed by atoms with E-state index in [1.54, 1.807) is 12.1 Å². The van der Waals surface area contributed by atoms with Crippen LogP contribution < -0.4 is 9.44 Å². The number of hydrogen-bond donors (Lipinski definition) is 2. The first-order valence-corrected chi connectivity index (χ1v) is 17.4. The van der Waals surface area contributed by atoms with E-state index in [-0.39, 0.29) is 32.3 Å². The number of nitrogens with one attached hydrogen (secondary N) is 2. The Kier molecular flexibility index (Phi) is 8.58. The summed E-state index contributed by atoms with van der Waals surface area (Å²) < 4.78 is 127. The molecule has 0 atom stereocenters. The van der Waals surface area contributed by atoms with Crippen molar-refractivity contribution in [2.24, 2.45) is 0 Å². The SMILES string of the molecule is O=S(=O)([O-])c1cc(NS(=O)(=O)c2ccccc2)ccc1/C=C/c1ccc(NS(=O)(=O)c2ccccc2)cc1S(=O)(=O)[O-]. The Labute approximate surface area is 243 Å². The Morgan fingerprint density at radius 3 is 1.12 bits per heavy atom. The molecule has 2 N–H and O–H groups in total. The first-order chi connectivity index (χ1) is 19.6. The molecule has 0 heterocycles. The minimum Gasteiger partial charge on any atom is -0.744 e. The van der Waals surface area contributed by atoms with Crippen molar-refractivity contribution in [2.45, 2.75) is 19.6 Å². The van der Waals surface area contributed by atoms with Gasteiger partial charge in [-0.05, 0) is 59.7 Å². The molecule has 0 aliphatic heterocycles. The van der Waals surface area contributed by atoms with Gasteiger partial charge < -0.3 is 9.11 Å². The molecule has 16 heteroatoms. The third-order valence-electron chi connectivity index (χ3n) is 5.62. The molecular formula is C26H20N2O10S4-2. The van der Waals surface area contributed by atoms with Gasteiger partial charge in [0.15, 0.2) is 0 Å². The maximum absolute atomic E-state index is 12.6. The van der Waals surface area contributed by atoms with Gasteiger partial charge in [-0.15, -0.1) is 0 Å². The molecule has 0 saturated carbocycles. The number of rotatable bonds is 10. The highest BCUT2D eigenvalue weighted by molar-refractivity contribution is 7.93. The van der Waals surface area contributed by atoms with E-state index in [9.17, 15) is 42.8 Å². The van der Waals surface area contributed by atoms with Gasteiger partial charge in [0.05, 0.1) is 31.0 Å². The van der Waals surface area contributed by atoms with Crippen molar-refractivity contribution in [3.05, 3.63) is 108 Å². The highest BCUT2D eigenvalue weighted by Gasteiger charge is 2.18. The summed E-state index contributed by atoms with van der Waals surface area (Å²) in [5.41, 5.74) is -0.946. The first kappa shape index (κ1) is 30.9. The molecule has 0 amide bonds. The van der Waals surface area contributed by atoms with E-state index in [2.05, 4.69) is 9.44 Å². The second-order valence-corrected chi connectivity index (χ2v) is 14.6. The van der Waals surface area contributed by atoms with Crippen molar-refractivity contribution in [3.63, 3.8) is 0 Å². The second kappa shape index (κ2) is 11.7. The minimum atomic E-state index is -5.17. The third-order valence-corrected chi connectivity index (χ3v) is 10.2. The summed E-state index contributed by atoms with van der Waals surface area (Å²) in [6.45, 7) is 0. The molecule has 4 aromatic rings. The average molecular weight is 649 g/mol. The maximum atomic E-state index is 12.6. The van der Waals surface area contributed by atoms with E-state index in [1.165, 1.54) is 60.7 Å². The summed E-state index contributed by atoms with van der Waals surface area (Å²) in [5.74, 6) is 0. The fourth-order valence-corrected chi connectivity index (χ4v) is 7.24. The number of anilines is 2. The summed E-state index contributed by atoms with van der Waals surface area (Å²) in [6.07, 6.45) is 2.08. The van der Waals surface area contributed by atoms with Crippen LogP contribution >= 0.6 is 0 Å². The lowest BCUT2D eigenvalue weighted by atomic mass is 10.1. The molecule has 4 aromatic carbocycles. The van der Waals surface area contributed by atoms with E-state index < -0.39 is 50.1 Å². The van der Waals surface area contributed by atoms with Crippen LogP contribution in [0.4, 0.5) is 11.4 Å². The molecule has 0 radical (unpaired) electrons. The lowest BCUT2D eigenvalue weighted by Crippen LogP contribution is -2.13. The fourth-order valence-electron chi connectivity index (χ4n) is 3.71. The molecule has 220 valence electrons.